The van der Waals surface area contributed by atoms with Crippen molar-refractivity contribution in [1.29, 1.82) is 0 Å². The largest absolute Gasteiger partial charge is 0.466 e. The fraction of sp³-hybridized carbons (Fsp3) is 0.391. The van der Waals surface area contributed by atoms with Gasteiger partial charge >= 0.3 is 5.97 Å². The van der Waals surface area contributed by atoms with Crippen molar-refractivity contribution in [3.05, 3.63) is 72.1 Å². The first kappa shape index (κ1) is 19.3. The van der Waals surface area contributed by atoms with Crippen LogP contribution in [0.3, 0.4) is 0 Å². The summed E-state index contributed by atoms with van der Waals surface area (Å²) in [6, 6.07) is 14.2. The SMILES string of the molecule is CCOC(=O)C1(C/C=C/c2ccccc2)CCCN(Cc2cccnc2)C1. The number of benzene rings is 1. The van der Waals surface area contributed by atoms with Crippen LogP contribution in [0.25, 0.3) is 6.08 Å². The molecule has 27 heavy (non-hydrogen) atoms. The smallest absolute Gasteiger partial charge is 0.313 e. The Kier molecular flexibility index (Phi) is 6.77. The molecular weight excluding hydrogens is 336 g/mol. The van der Waals surface area contributed by atoms with Gasteiger partial charge in [-0.2, -0.15) is 0 Å². The van der Waals surface area contributed by atoms with Crippen LogP contribution < -0.4 is 0 Å². The molecule has 0 bridgehead atoms. The maximum absolute atomic E-state index is 12.9. The van der Waals surface area contributed by atoms with E-state index in [0.29, 0.717) is 13.0 Å². The maximum Gasteiger partial charge on any atom is 0.313 e. The second-order valence-electron chi connectivity index (χ2n) is 7.19. The molecule has 3 rings (SSSR count). The molecule has 0 saturated carbocycles. The van der Waals surface area contributed by atoms with Gasteiger partial charge in [0.25, 0.3) is 0 Å². The normalized spacial score (nSPS) is 20.6. The summed E-state index contributed by atoms with van der Waals surface area (Å²) in [5.41, 5.74) is 1.86. The summed E-state index contributed by atoms with van der Waals surface area (Å²) < 4.78 is 5.47. The van der Waals surface area contributed by atoms with Crippen LogP contribution in [0.5, 0.6) is 0 Å². The molecule has 1 unspecified atom stereocenters. The molecule has 0 radical (unpaired) electrons. The number of esters is 1. The zero-order valence-electron chi connectivity index (χ0n) is 16.0. The van der Waals surface area contributed by atoms with Crippen molar-refractivity contribution >= 4 is 12.0 Å². The predicted molar refractivity (Wildman–Crippen MR) is 108 cm³/mol. The summed E-state index contributed by atoms with van der Waals surface area (Å²) in [5, 5.41) is 0. The fourth-order valence-electron chi connectivity index (χ4n) is 3.80. The third-order valence-corrected chi connectivity index (χ3v) is 5.11. The molecule has 1 saturated heterocycles. The first-order valence-electron chi connectivity index (χ1n) is 9.72. The Balaban J connectivity index is 1.73. The van der Waals surface area contributed by atoms with E-state index in [-0.39, 0.29) is 5.97 Å². The lowest BCUT2D eigenvalue weighted by molar-refractivity contribution is -0.159. The van der Waals surface area contributed by atoms with Crippen LogP contribution in [0.4, 0.5) is 0 Å². The monoisotopic (exact) mass is 364 g/mol. The summed E-state index contributed by atoms with van der Waals surface area (Å²) in [4.78, 5) is 19.4. The zero-order valence-corrected chi connectivity index (χ0v) is 16.0. The van der Waals surface area contributed by atoms with Gasteiger partial charge in [-0.05, 0) is 49.9 Å². The topological polar surface area (TPSA) is 42.4 Å². The first-order chi connectivity index (χ1) is 13.2. The average molecular weight is 364 g/mol. The molecule has 0 spiro atoms. The van der Waals surface area contributed by atoms with Crippen LogP contribution in [0, 0.1) is 5.41 Å². The number of nitrogens with zero attached hydrogens (tertiary/aromatic N) is 2. The molecule has 2 heterocycles. The van der Waals surface area contributed by atoms with Crippen molar-refractivity contribution in [2.45, 2.75) is 32.7 Å². The van der Waals surface area contributed by atoms with Crippen molar-refractivity contribution in [1.82, 2.24) is 9.88 Å². The number of aromatic nitrogens is 1. The minimum Gasteiger partial charge on any atom is -0.466 e. The minimum atomic E-state index is -0.470. The third kappa shape index (κ3) is 5.27. The molecule has 2 aromatic rings. The molecular formula is C23H28N2O2. The van der Waals surface area contributed by atoms with Crippen LogP contribution >= 0.6 is 0 Å². The Morgan fingerprint density at radius 1 is 1.26 bits per heavy atom. The van der Waals surface area contributed by atoms with Gasteiger partial charge in [0.1, 0.15) is 0 Å². The number of hydrogen-bond donors (Lipinski definition) is 0. The Hall–Kier alpha value is -2.46. The van der Waals surface area contributed by atoms with Gasteiger partial charge in [-0.15, -0.1) is 0 Å². The van der Waals surface area contributed by atoms with E-state index in [9.17, 15) is 4.79 Å². The van der Waals surface area contributed by atoms with Gasteiger partial charge in [0.2, 0.25) is 0 Å². The fourth-order valence-corrected chi connectivity index (χ4v) is 3.80. The maximum atomic E-state index is 12.9. The van der Waals surface area contributed by atoms with Crippen LogP contribution in [-0.4, -0.2) is 35.5 Å². The van der Waals surface area contributed by atoms with Crippen molar-refractivity contribution in [2.24, 2.45) is 5.41 Å². The molecule has 1 aromatic heterocycles. The van der Waals surface area contributed by atoms with Crippen LogP contribution in [0.2, 0.25) is 0 Å². The molecule has 142 valence electrons. The van der Waals surface area contributed by atoms with Gasteiger partial charge in [-0.25, -0.2) is 0 Å². The standard InChI is InChI=1S/C23H28N2O2/c1-2-27-22(26)23(13-6-11-20-9-4-3-5-10-20)14-8-16-25(19-23)18-21-12-7-15-24-17-21/h3-7,9-12,15,17H,2,8,13-14,16,18-19H2,1H3/b11-6+. The zero-order chi connectivity index (χ0) is 19.0. The lowest BCUT2D eigenvalue weighted by atomic mass is 9.76. The molecule has 1 aromatic carbocycles. The number of carbonyl (C=O) groups excluding carboxylic acids is 1. The second-order valence-corrected chi connectivity index (χ2v) is 7.19. The van der Waals surface area contributed by atoms with E-state index >= 15 is 0 Å². The number of carbonyl (C=O) groups is 1. The number of ether oxygens (including phenoxy) is 1. The van der Waals surface area contributed by atoms with Crippen molar-refractivity contribution in [2.75, 3.05) is 19.7 Å². The van der Waals surface area contributed by atoms with Crippen molar-refractivity contribution < 1.29 is 9.53 Å². The number of hydrogen-bond acceptors (Lipinski definition) is 4. The van der Waals surface area contributed by atoms with Crippen LogP contribution in [-0.2, 0) is 16.1 Å². The molecule has 4 nitrogen and oxygen atoms in total. The van der Waals surface area contributed by atoms with Gasteiger partial charge in [0.15, 0.2) is 0 Å². The molecule has 1 aliphatic heterocycles. The quantitative estimate of drug-likeness (QED) is 0.686. The molecule has 0 amide bonds. The van der Waals surface area contributed by atoms with Gasteiger partial charge < -0.3 is 4.74 Å². The highest BCUT2D eigenvalue weighted by Crippen LogP contribution is 2.36. The molecule has 0 N–H and O–H groups in total. The molecule has 1 aliphatic rings. The average Bonchev–Trinajstić information content (AvgIpc) is 2.70. The van der Waals surface area contributed by atoms with Crippen molar-refractivity contribution in [3.63, 3.8) is 0 Å². The van der Waals surface area contributed by atoms with E-state index in [1.807, 2.05) is 37.4 Å². The van der Waals surface area contributed by atoms with Gasteiger partial charge in [0.05, 0.1) is 12.0 Å². The van der Waals surface area contributed by atoms with Gasteiger partial charge in [-0.3, -0.25) is 14.7 Å². The van der Waals surface area contributed by atoms with Crippen LogP contribution in [0.1, 0.15) is 37.3 Å². The summed E-state index contributed by atoms with van der Waals surface area (Å²) in [7, 11) is 0. The van der Waals surface area contributed by atoms with Gasteiger partial charge in [0, 0.05) is 25.5 Å². The van der Waals surface area contributed by atoms with Crippen LogP contribution in [0.15, 0.2) is 60.9 Å². The van der Waals surface area contributed by atoms with E-state index in [1.54, 1.807) is 6.20 Å². The van der Waals surface area contributed by atoms with E-state index in [0.717, 1.165) is 38.0 Å². The van der Waals surface area contributed by atoms with E-state index in [2.05, 4.69) is 40.2 Å². The summed E-state index contributed by atoms with van der Waals surface area (Å²) >= 11 is 0. The highest BCUT2D eigenvalue weighted by atomic mass is 16.5. The Morgan fingerprint density at radius 2 is 2.11 bits per heavy atom. The summed E-state index contributed by atoms with van der Waals surface area (Å²) in [6.07, 6.45) is 10.5. The number of rotatable bonds is 7. The van der Waals surface area contributed by atoms with E-state index in [4.69, 9.17) is 4.74 Å². The summed E-state index contributed by atoms with van der Waals surface area (Å²) in [6.45, 7) is 4.84. The first-order valence-corrected chi connectivity index (χ1v) is 9.72. The highest BCUT2D eigenvalue weighted by Gasteiger charge is 2.42. The lowest BCUT2D eigenvalue weighted by Crippen LogP contribution is -2.48. The van der Waals surface area contributed by atoms with Crippen molar-refractivity contribution in [3.8, 4) is 0 Å². The molecule has 0 aliphatic carbocycles. The molecule has 1 atom stereocenters. The minimum absolute atomic E-state index is 0.0707. The Morgan fingerprint density at radius 3 is 2.85 bits per heavy atom. The number of likely N-dealkylation sites (tertiary alicyclic amines) is 1. The summed E-state index contributed by atoms with van der Waals surface area (Å²) in [5.74, 6) is -0.0707. The second kappa shape index (κ2) is 9.47. The molecule has 4 heteroatoms. The number of pyridine rings is 1. The Labute approximate surface area is 161 Å². The third-order valence-electron chi connectivity index (χ3n) is 5.11. The predicted octanol–water partition coefficient (Wildman–Crippen LogP) is 4.33. The van der Waals surface area contributed by atoms with E-state index < -0.39 is 5.41 Å². The van der Waals surface area contributed by atoms with E-state index in [1.165, 1.54) is 5.56 Å². The van der Waals surface area contributed by atoms with Gasteiger partial charge in [-0.1, -0.05) is 48.6 Å². The molecule has 1 fully saturated rings. The lowest BCUT2D eigenvalue weighted by Gasteiger charge is -2.40. The Bertz CT molecular complexity index is 745. The number of piperidine rings is 1. The number of allylic oxidation sites excluding steroid dienone is 1. The highest BCUT2D eigenvalue weighted by molar-refractivity contribution is 5.77.